The summed E-state index contributed by atoms with van der Waals surface area (Å²) in [4.78, 5) is 4.01. The lowest BCUT2D eigenvalue weighted by molar-refractivity contribution is 1.17. The molecule has 2 N–H and O–H groups in total. The highest BCUT2D eigenvalue weighted by Gasteiger charge is 1.97. The largest absolute Gasteiger partial charge is 0.399 e. The van der Waals surface area contributed by atoms with Crippen molar-refractivity contribution in [1.29, 1.82) is 0 Å². The number of hydrogen-bond donors (Lipinski definition) is 1. The molecule has 0 amide bonds. The molecule has 2 aromatic rings. The first-order chi connectivity index (χ1) is 8.16. The molecule has 2 rings (SSSR count). The molecule has 0 unspecified atom stereocenters. The highest BCUT2D eigenvalue weighted by molar-refractivity contribution is 5.54. The van der Waals surface area contributed by atoms with Gasteiger partial charge in [0.15, 0.2) is 0 Å². The first-order valence-electron chi connectivity index (χ1n) is 5.35. The van der Waals surface area contributed by atoms with Crippen LogP contribution in [0.5, 0.6) is 0 Å². The number of hydrogen-bond acceptors (Lipinski definition) is 4. The van der Waals surface area contributed by atoms with Crippen LogP contribution in [0.15, 0.2) is 46.9 Å². The first-order valence-corrected chi connectivity index (χ1v) is 5.35. The molecule has 0 aliphatic heterocycles. The van der Waals surface area contributed by atoms with Crippen LogP contribution in [0.4, 0.5) is 17.1 Å². The van der Waals surface area contributed by atoms with Gasteiger partial charge in [-0.2, -0.15) is 10.2 Å². The van der Waals surface area contributed by atoms with Gasteiger partial charge in [0.1, 0.15) is 0 Å². The second kappa shape index (κ2) is 4.74. The fourth-order valence-corrected chi connectivity index (χ4v) is 1.41. The highest BCUT2D eigenvalue weighted by atomic mass is 15.1. The highest BCUT2D eigenvalue weighted by Crippen LogP contribution is 2.23. The van der Waals surface area contributed by atoms with Gasteiger partial charge >= 0.3 is 0 Å². The number of pyridine rings is 1. The van der Waals surface area contributed by atoms with E-state index in [1.807, 2.05) is 38.1 Å². The van der Waals surface area contributed by atoms with E-state index in [4.69, 9.17) is 5.73 Å². The maximum atomic E-state index is 5.74. The minimum atomic E-state index is 0.768. The predicted molar refractivity (Wildman–Crippen MR) is 68.7 cm³/mol. The summed E-state index contributed by atoms with van der Waals surface area (Å²) in [6.07, 6.45) is 3.47. The van der Waals surface area contributed by atoms with Crippen molar-refractivity contribution < 1.29 is 0 Å². The number of aromatic nitrogens is 1. The van der Waals surface area contributed by atoms with Gasteiger partial charge in [-0.3, -0.25) is 4.98 Å². The molecular weight excluding hydrogens is 212 g/mol. The third kappa shape index (κ3) is 2.66. The van der Waals surface area contributed by atoms with E-state index in [1.165, 1.54) is 0 Å². The Kier molecular flexibility index (Phi) is 3.14. The lowest BCUT2D eigenvalue weighted by Gasteiger charge is -2.00. The summed E-state index contributed by atoms with van der Waals surface area (Å²) >= 11 is 0. The van der Waals surface area contributed by atoms with Gasteiger partial charge in [0, 0.05) is 18.1 Å². The molecule has 1 aromatic heterocycles. The Labute approximate surface area is 100 Å². The van der Waals surface area contributed by atoms with E-state index >= 15 is 0 Å². The number of anilines is 1. The minimum absolute atomic E-state index is 0.768. The maximum absolute atomic E-state index is 5.74. The van der Waals surface area contributed by atoms with Crippen molar-refractivity contribution in [1.82, 2.24) is 4.98 Å². The van der Waals surface area contributed by atoms with Crippen molar-refractivity contribution >= 4 is 17.1 Å². The van der Waals surface area contributed by atoms with Crippen LogP contribution in [0.25, 0.3) is 0 Å². The number of aryl methyl sites for hydroxylation is 2. The van der Waals surface area contributed by atoms with Gasteiger partial charge in [-0.25, -0.2) is 0 Å². The molecule has 0 aliphatic carbocycles. The summed E-state index contributed by atoms with van der Waals surface area (Å²) in [5.41, 5.74) is 10.1. The average Bonchev–Trinajstić information content (AvgIpc) is 2.32. The SMILES string of the molecule is Cc1cc(N=Nc2ccncc2C)ccc1N. The molecule has 4 nitrogen and oxygen atoms in total. The normalized spacial score (nSPS) is 10.9. The van der Waals surface area contributed by atoms with Gasteiger partial charge in [-0.05, 0) is 49.2 Å². The molecular formula is C13H14N4. The van der Waals surface area contributed by atoms with Crippen LogP contribution in [-0.2, 0) is 0 Å². The molecule has 86 valence electrons. The molecule has 0 fully saturated rings. The maximum Gasteiger partial charge on any atom is 0.0916 e. The number of nitrogens with two attached hydrogens (primary N) is 1. The van der Waals surface area contributed by atoms with Crippen LogP contribution in [0.2, 0.25) is 0 Å². The van der Waals surface area contributed by atoms with Crippen LogP contribution < -0.4 is 5.73 Å². The molecule has 1 heterocycles. The zero-order valence-corrected chi connectivity index (χ0v) is 9.88. The van der Waals surface area contributed by atoms with Crippen LogP contribution in [-0.4, -0.2) is 4.98 Å². The van der Waals surface area contributed by atoms with Crippen molar-refractivity contribution in [2.75, 3.05) is 5.73 Å². The van der Waals surface area contributed by atoms with Crippen LogP contribution in [0.3, 0.4) is 0 Å². The summed E-state index contributed by atoms with van der Waals surface area (Å²) in [5, 5.41) is 8.37. The van der Waals surface area contributed by atoms with Gasteiger partial charge in [-0.15, -0.1) is 0 Å². The Morgan fingerprint density at radius 2 is 1.88 bits per heavy atom. The molecule has 0 saturated heterocycles. The van der Waals surface area contributed by atoms with Gasteiger partial charge in [-0.1, -0.05) is 0 Å². The smallest absolute Gasteiger partial charge is 0.0916 e. The second-order valence-electron chi connectivity index (χ2n) is 3.90. The topological polar surface area (TPSA) is 63.6 Å². The fraction of sp³-hybridized carbons (Fsp3) is 0.154. The molecule has 1 aromatic carbocycles. The van der Waals surface area contributed by atoms with E-state index in [1.54, 1.807) is 12.4 Å². The monoisotopic (exact) mass is 226 g/mol. The Hall–Kier alpha value is -2.23. The number of benzene rings is 1. The molecule has 0 atom stereocenters. The van der Waals surface area contributed by atoms with E-state index in [-0.39, 0.29) is 0 Å². The third-order valence-electron chi connectivity index (χ3n) is 2.52. The Morgan fingerprint density at radius 1 is 1.06 bits per heavy atom. The van der Waals surface area contributed by atoms with Crippen molar-refractivity contribution in [3.05, 3.63) is 47.8 Å². The number of nitrogens with zero attached hydrogens (tertiary/aromatic N) is 3. The number of rotatable bonds is 2. The van der Waals surface area contributed by atoms with E-state index in [0.29, 0.717) is 0 Å². The Bertz CT molecular complexity index is 561. The summed E-state index contributed by atoms with van der Waals surface area (Å²) in [5.74, 6) is 0. The fourth-order valence-electron chi connectivity index (χ4n) is 1.41. The van der Waals surface area contributed by atoms with Crippen LogP contribution in [0.1, 0.15) is 11.1 Å². The third-order valence-corrected chi connectivity index (χ3v) is 2.52. The molecule has 0 bridgehead atoms. The van der Waals surface area contributed by atoms with E-state index in [2.05, 4.69) is 15.2 Å². The number of nitrogen functional groups attached to an aromatic ring is 1. The van der Waals surface area contributed by atoms with Crippen molar-refractivity contribution in [2.45, 2.75) is 13.8 Å². The lowest BCUT2D eigenvalue weighted by atomic mass is 10.2. The molecule has 0 spiro atoms. The van der Waals surface area contributed by atoms with Crippen molar-refractivity contribution in [2.24, 2.45) is 10.2 Å². The molecule has 0 aliphatic rings. The van der Waals surface area contributed by atoms with Gasteiger partial charge in [0.05, 0.1) is 11.4 Å². The van der Waals surface area contributed by atoms with E-state index < -0.39 is 0 Å². The van der Waals surface area contributed by atoms with Crippen molar-refractivity contribution in [3.8, 4) is 0 Å². The molecule has 17 heavy (non-hydrogen) atoms. The standard InChI is InChI=1S/C13H14N4/c1-9-7-11(3-4-12(9)14)16-17-13-5-6-15-8-10(13)2/h3-8H,14H2,1-2H3. The predicted octanol–water partition coefficient (Wildman–Crippen LogP) is 3.70. The summed E-state index contributed by atoms with van der Waals surface area (Å²) in [7, 11) is 0. The summed E-state index contributed by atoms with van der Waals surface area (Å²) in [6, 6.07) is 7.43. The molecule has 0 saturated carbocycles. The van der Waals surface area contributed by atoms with Gasteiger partial charge < -0.3 is 5.73 Å². The van der Waals surface area contributed by atoms with Crippen LogP contribution in [0, 0.1) is 13.8 Å². The summed E-state index contributed by atoms with van der Waals surface area (Å²) in [6.45, 7) is 3.90. The van der Waals surface area contributed by atoms with Gasteiger partial charge in [0.2, 0.25) is 0 Å². The van der Waals surface area contributed by atoms with Gasteiger partial charge in [0.25, 0.3) is 0 Å². The second-order valence-corrected chi connectivity index (χ2v) is 3.90. The lowest BCUT2D eigenvalue weighted by Crippen LogP contribution is -1.87. The van der Waals surface area contributed by atoms with Crippen LogP contribution >= 0.6 is 0 Å². The zero-order valence-electron chi connectivity index (χ0n) is 9.88. The Morgan fingerprint density at radius 3 is 2.59 bits per heavy atom. The average molecular weight is 226 g/mol. The Balaban J connectivity index is 2.26. The zero-order chi connectivity index (χ0) is 12.3. The molecule has 0 radical (unpaired) electrons. The quantitative estimate of drug-likeness (QED) is 0.626. The van der Waals surface area contributed by atoms with E-state index in [0.717, 1.165) is 28.2 Å². The first kappa shape index (κ1) is 11.3. The summed E-state index contributed by atoms with van der Waals surface area (Å²) < 4.78 is 0. The number of azo groups is 1. The minimum Gasteiger partial charge on any atom is -0.399 e. The molecule has 4 heteroatoms. The van der Waals surface area contributed by atoms with E-state index in [9.17, 15) is 0 Å². The van der Waals surface area contributed by atoms with Crippen molar-refractivity contribution in [3.63, 3.8) is 0 Å².